The highest BCUT2D eigenvalue weighted by atomic mass is 35.5. The van der Waals surface area contributed by atoms with Crippen LogP contribution in [-0.4, -0.2) is 104 Å². The van der Waals surface area contributed by atoms with E-state index in [1.54, 1.807) is 24.3 Å². The van der Waals surface area contributed by atoms with Gasteiger partial charge >= 0.3 is 13.8 Å². The summed E-state index contributed by atoms with van der Waals surface area (Å²) in [5.74, 6) is -1.07. The van der Waals surface area contributed by atoms with Gasteiger partial charge in [-0.3, -0.25) is 19.4 Å². The average Bonchev–Trinajstić information content (AvgIpc) is 3.72. The van der Waals surface area contributed by atoms with Crippen molar-refractivity contribution in [1.82, 2.24) is 5.32 Å². The largest absolute Gasteiger partial charge is 1.00 e. The van der Waals surface area contributed by atoms with Crippen LogP contribution in [0.3, 0.4) is 0 Å². The third-order valence-corrected chi connectivity index (χ3v) is 16.3. The number of rotatable bonds is 15. The number of fused-ring (bicyclic) bond motifs is 7. The Hall–Kier alpha value is -2.49. The van der Waals surface area contributed by atoms with Gasteiger partial charge in [-0.1, -0.05) is 50.8 Å². The molecule has 1 aromatic rings. The predicted molar refractivity (Wildman–Crippen MR) is 230 cm³/mol. The number of hydrogen-bond donors (Lipinski definition) is 5. The Morgan fingerprint density at radius 2 is 1.78 bits per heavy atom. The van der Waals surface area contributed by atoms with Crippen molar-refractivity contribution in [3.05, 3.63) is 53.1 Å². The van der Waals surface area contributed by atoms with Crippen molar-refractivity contribution in [3.8, 4) is 5.75 Å². The van der Waals surface area contributed by atoms with Crippen LogP contribution >= 0.6 is 7.82 Å². The predicted octanol–water partition coefficient (Wildman–Crippen LogP) is 3.00. The molecule has 1 heterocycles. The molecule has 0 amide bonds. The first kappa shape index (κ1) is 49.9. The second kappa shape index (κ2) is 18.7. The summed E-state index contributed by atoms with van der Waals surface area (Å²) in [6.07, 6.45) is 9.96. The fourth-order valence-electron chi connectivity index (χ4n) is 12.5. The normalized spacial score (nSPS) is 33.6. The van der Waals surface area contributed by atoms with Crippen LogP contribution in [0.5, 0.6) is 5.75 Å². The van der Waals surface area contributed by atoms with E-state index in [9.17, 15) is 34.2 Å². The van der Waals surface area contributed by atoms with E-state index >= 15 is 4.79 Å². The molecule has 1 aliphatic heterocycles. The number of nitrogens with zero attached hydrogens (tertiary/aromatic N) is 1. The number of carbonyl (C=O) groups excluding carboxylic acids is 3. The molecule has 0 radical (unpaired) electrons. The topological polar surface area (TPSA) is 198 Å². The lowest BCUT2D eigenvalue weighted by molar-refractivity contribution is -0.931. The van der Waals surface area contributed by atoms with E-state index in [1.807, 2.05) is 40.7 Å². The van der Waals surface area contributed by atoms with Crippen molar-refractivity contribution in [2.75, 3.05) is 32.8 Å². The van der Waals surface area contributed by atoms with Crippen LogP contribution < -0.4 is 22.2 Å². The molecule has 6 aliphatic rings. The molecule has 7 rings (SSSR count). The molecule has 16 heteroatoms. The number of ketones is 2. The summed E-state index contributed by atoms with van der Waals surface area (Å²) in [6.45, 7) is 14.4. The first-order chi connectivity index (χ1) is 29.1. The van der Waals surface area contributed by atoms with Crippen LogP contribution in [-0.2, 0) is 39.7 Å². The van der Waals surface area contributed by atoms with Crippen LogP contribution in [0.25, 0.3) is 0 Å². The molecule has 0 aromatic heterocycles. The van der Waals surface area contributed by atoms with Gasteiger partial charge < -0.3 is 51.2 Å². The number of halogens is 1. The molecule has 5 fully saturated rings. The van der Waals surface area contributed by atoms with Gasteiger partial charge in [0, 0.05) is 40.3 Å². The molecule has 0 spiro atoms. The monoisotopic (exact) mass is 920 g/mol. The Morgan fingerprint density at radius 3 is 2.43 bits per heavy atom. The van der Waals surface area contributed by atoms with E-state index in [-0.39, 0.29) is 83.1 Å². The second-order valence-corrected chi connectivity index (χ2v) is 21.8. The maximum Gasteiger partial charge on any atom is 0.524 e. The third-order valence-electron chi connectivity index (χ3n) is 15.9. The van der Waals surface area contributed by atoms with Crippen LogP contribution in [0.15, 0.2) is 42.0 Å². The highest BCUT2D eigenvalue weighted by molar-refractivity contribution is 7.46. The first-order valence-electron chi connectivity index (χ1n) is 22.9. The lowest BCUT2D eigenvalue weighted by Gasteiger charge is -2.59. The Morgan fingerprint density at radius 1 is 1.08 bits per heavy atom. The number of aliphatic hydroxyl groups excluding tert-OH is 2. The summed E-state index contributed by atoms with van der Waals surface area (Å²) in [4.78, 5) is 61.0. The number of ether oxygens (including phenoxy) is 3. The molecule has 4 unspecified atom stereocenters. The van der Waals surface area contributed by atoms with Crippen molar-refractivity contribution < 1.29 is 74.6 Å². The summed E-state index contributed by atoms with van der Waals surface area (Å²) in [5.41, 5.74) is -1.05. The van der Waals surface area contributed by atoms with Crippen LogP contribution in [0.4, 0.5) is 0 Å². The van der Waals surface area contributed by atoms with E-state index < -0.39 is 61.4 Å². The van der Waals surface area contributed by atoms with Gasteiger partial charge in [-0.25, -0.2) is 9.36 Å². The maximum absolute atomic E-state index is 15.1. The van der Waals surface area contributed by atoms with Gasteiger partial charge in [0.15, 0.2) is 30.8 Å². The van der Waals surface area contributed by atoms with E-state index in [2.05, 4.69) is 19.2 Å². The van der Waals surface area contributed by atoms with Gasteiger partial charge in [0.2, 0.25) is 5.78 Å². The molecule has 4 saturated carbocycles. The number of benzene rings is 1. The Bertz CT molecular complexity index is 1990. The zero-order chi connectivity index (χ0) is 45.0. The lowest BCUT2D eigenvalue weighted by atomic mass is 9.46. The van der Waals surface area contributed by atoms with Gasteiger partial charge in [0.1, 0.15) is 12.3 Å². The number of phosphoric acid groups is 1. The van der Waals surface area contributed by atoms with Crippen LogP contribution in [0.1, 0.15) is 123 Å². The van der Waals surface area contributed by atoms with Gasteiger partial charge in [-0.2, -0.15) is 0 Å². The lowest BCUT2D eigenvalue weighted by Crippen LogP contribution is -3.00. The summed E-state index contributed by atoms with van der Waals surface area (Å²) < 4.78 is 37.1. The van der Waals surface area contributed by atoms with E-state index in [1.165, 1.54) is 6.07 Å². The number of carbonyl (C=O) groups is 3. The molecule has 63 heavy (non-hydrogen) atoms. The average molecular weight is 922 g/mol. The molecule has 352 valence electrons. The summed E-state index contributed by atoms with van der Waals surface area (Å²) in [7, 11) is -4.96. The van der Waals surface area contributed by atoms with Crippen molar-refractivity contribution in [2.45, 2.75) is 149 Å². The minimum atomic E-state index is -4.96. The number of likely N-dealkylation sites (N-methyl/N-ethyl adjacent to an activating group) is 1. The van der Waals surface area contributed by atoms with E-state index in [0.29, 0.717) is 37.1 Å². The van der Waals surface area contributed by atoms with Gasteiger partial charge in [-0.05, 0) is 115 Å². The fourth-order valence-corrected chi connectivity index (χ4v) is 13.0. The molecule has 5 aliphatic carbocycles. The van der Waals surface area contributed by atoms with Crippen LogP contribution in [0, 0.1) is 34.5 Å². The number of hydrogen-bond acceptors (Lipinski definition) is 11. The smallest absolute Gasteiger partial charge is 0.524 e. The molecular weight excluding hydrogens is 851 g/mol. The number of Topliss-reactive ketones (excluding diaryl/α,β-unsaturated/α-hetero) is 1. The van der Waals surface area contributed by atoms with E-state index in [0.717, 1.165) is 50.5 Å². The van der Waals surface area contributed by atoms with E-state index in [4.69, 9.17) is 18.7 Å². The molecule has 5 N–H and O–H groups in total. The quantitative estimate of drug-likeness (QED) is 0.0980. The highest BCUT2D eigenvalue weighted by Crippen LogP contribution is 2.70. The third kappa shape index (κ3) is 9.69. The summed E-state index contributed by atoms with van der Waals surface area (Å²) in [6, 6.07) is 4.64. The number of nitrogens with one attached hydrogen (secondary N) is 1. The highest BCUT2D eigenvalue weighted by Gasteiger charge is 2.76. The Kier molecular flexibility index (Phi) is 14.8. The first-order valence-corrected chi connectivity index (χ1v) is 24.4. The van der Waals surface area contributed by atoms with Crippen molar-refractivity contribution in [2.24, 2.45) is 34.5 Å². The number of quaternary nitrogens is 1. The number of aliphatic hydroxyl groups is 2. The fraction of sp³-hybridized carbons (Fsp3) is 0.723. The second-order valence-electron chi connectivity index (χ2n) is 20.7. The molecule has 1 aromatic carbocycles. The molecule has 14 nitrogen and oxygen atoms in total. The van der Waals surface area contributed by atoms with Crippen molar-refractivity contribution in [3.63, 3.8) is 0 Å². The Balaban J connectivity index is 0.00000661. The molecule has 1 saturated heterocycles. The SMILES string of the molecule is CC[N+](CC)(CC(=O)OCC(=O)[C@@]12O[C@H](C3CCCCC3)O[C@@H]1CC1C3CCC4=CC(=O)C=C[C@]4(C)C3[C@@H](O)C[C@@]12C)Cc1cc(C(O)CNC(C)(C)C)ccc1OP(=O)(O)O.[Cl-]. The molecular formula is C47H70ClN2O12P. The standard InChI is InChI=1S/C47H69N2O12P.ClH/c1-8-49(9-2,26-31-21-30(37(52)25-48-44(3,4)5)15-18-38(31)61-62(55,56)57)27-41(54)58-28-39(53)47-40(59-43(60-47)29-13-11-10-12-14-29)23-35-34-17-16-32-22-33(50)19-20-45(32,6)42(34)36(51)24-46(35,47)7;/h15,18-22,29,34-37,40,42-43,48,51-52H,8-14,16-17,23-28H2,1-7H3,(H-,55,56,57);1H/t34?,35?,36-,37?,40+,42?,43+,45-,46-,47+;/m0./s1. The van der Waals surface area contributed by atoms with Gasteiger partial charge in [0.05, 0.1) is 31.4 Å². The minimum absolute atomic E-state index is 0. The molecule has 10 atom stereocenters. The molecule has 0 bridgehead atoms. The van der Waals surface area contributed by atoms with Crippen molar-refractivity contribution >= 4 is 25.4 Å². The van der Waals surface area contributed by atoms with Crippen LogP contribution in [0.2, 0.25) is 0 Å². The number of allylic oxidation sites excluding steroid dienone is 4. The summed E-state index contributed by atoms with van der Waals surface area (Å²) >= 11 is 0. The number of β-amino-alcohol motifs (C(OH)–C–C–N with tert-alkyl or cyclic N) is 1. The number of phosphoric ester groups is 1. The zero-order valence-corrected chi connectivity index (χ0v) is 39.7. The maximum atomic E-state index is 15.1. The Labute approximate surface area is 378 Å². The van der Waals surface area contributed by atoms with Gasteiger partial charge in [0.25, 0.3) is 0 Å². The van der Waals surface area contributed by atoms with Crippen molar-refractivity contribution in [1.29, 1.82) is 0 Å². The number of esters is 1. The minimum Gasteiger partial charge on any atom is -1.00 e. The van der Waals surface area contributed by atoms with Gasteiger partial charge in [-0.15, -0.1) is 0 Å². The zero-order valence-electron chi connectivity index (χ0n) is 38.0. The summed E-state index contributed by atoms with van der Waals surface area (Å²) in [5, 5.41) is 26.6.